The molecular weight excluding hydrogens is 474 g/mol. The van der Waals surface area contributed by atoms with E-state index in [1.165, 1.54) is 22.1 Å². The highest BCUT2D eigenvalue weighted by Gasteiger charge is 2.39. The Morgan fingerprint density at radius 3 is 2.74 bits per heavy atom. The van der Waals surface area contributed by atoms with E-state index >= 15 is 0 Å². The largest absolute Gasteiger partial charge is 0.477 e. The van der Waals surface area contributed by atoms with Gasteiger partial charge in [0.25, 0.3) is 0 Å². The number of carboxylic acids is 1. The van der Waals surface area contributed by atoms with Crippen LogP contribution in [0.4, 0.5) is 5.82 Å². The van der Waals surface area contributed by atoms with Crippen molar-refractivity contribution in [2.45, 2.75) is 32.4 Å². The van der Waals surface area contributed by atoms with Gasteiger partial charge in [-0.1, -0.05) is 0 Å². The zero-order valence-corrected chi connectivity index (χ0v) is 19.7. The fourth-order valence-corrected chi connectivity index (χ4v) is 5.13. The molecular formula is C23H23N5O6S. The molecule has 182 valence electrons. The molecule has 1 atom stereocenters. The number of thiazole rings is 1. The summed E-state index contributed by atoms with van der Waals surface area (Å²) in [6.07, 6.45) is 5.33. The number of anilines is 1. The van der Waals surface area contributed by atoms with Gasteiger partial charge in [-0.25, -0.2) is 14.8 Å². The summed E-state index contributed by atoms with van der Waals surface area (Å²) >= 11 is 1.29. The van der Waals surface area contributed by atoms with Gasteiger partial charge in [0.05, 0.1) is 11.3 Å². The molecule has 0 bridgehead atoms. The number of carboxylic acid groups (broad SMARTS) is 1. The first-order chi connectivity index (χ1) is 16.9. The maximum Gasteiger partial charge on any atom is 0.341 e. The van der Waals surface area contributed by atoms with E-state index in [2.05, 4.69) is 9.97 Å². The molecule has 5 rings (SSSR count). The van der Waals surface area contributed by atoms with Crippen LogP contribution in [0.2, 0.25) is 0 Å². The van der Waals surface area contributed by atoms with Crippen molar-refractivity contribution in [1.82, 2.24) is 19.4 Å². The highest BCUT2D eigenvalue weighted by Crippen LogP contribution is 2.30. The van der Waals surface area contributed by atoms with Crippen LogP contribution < -0.4 is 10.3 Å². The van der Waals surface area contributed by atoms with Crippen LogP contribution in [0.3, 0.4) is 0 Å². The topological polar surface area (TPSA) is 135 Å². The van der Waals surface area contributed by atoms with E-state index in [-0.39, 0.29) is 22.8 Å². The molecule has 0 radical (unpaired) electrons. The predicted octanol–water partition coefficient (Wildman–Crippen LogP) is 1.80. The number of rotatable bonds is 6. The van der Waals surface area contributed by atoms with E-state index in [1.807, 2.05) is 4.90 Å². The number of ether oxygens (including phenoxy) is 1. The van der Waals surface area contributed by atoms with Gasteiger partial charge in [0, 0.05) is 37.5 Å². The first-order valence-corrected chi connectivity index (χ1v) is 12.1. The highest BCUT2D eigenvalue weighted by atomic mass is 32.1. The molecule has 35 heavy (non-hydrogen) atoms. The first-order valence-electron chi connectivity index (χ1n) is 11.2. The molecule has 5 heterocycles. The Balaban J connectivity index is 1.45. The second-order valence-corrected chi connectivity index (χ2v) is 9.50. The van der Waals surface area contributed by atoms with Crippen molar-refractivity contribution in [3.8, 4) is 5.13 Å². The molecule has 1 N–H and O–H groups in total. The fourth-order valence-electron chi connectivity index (χ4n) is 4.51. The molecule has 12 heteroatoms. The maximum absolute atomic E-state index is 12.9. The monoisotopic (exact) mass is 497 g/mol. The van der Waals surface area contributed by atoms with Crippen LogP contribution in [-0.4, -0.2) is 68.8 Å². The van der Waals surface area contributed by atoms with Gasteiger partial charge in [-0.05, 0) is 37.8 Å². The maximum atomic E-state index is 12.9. The Hall–Kier alpha value is -3.64. The number of aromatic nitrogens is 3. The lowest BCUT2D eigenvalue weighted by atomic mass is 9.97. The van der Waals surface area contributed by atoms with Crippen LogP contribution in [0.5, 0.6) is 0 Å². The van der Waals surface area contributed by atoms with Crippen molar-refractivity contribution < 1.29 is 24.2 Å². The molecule has 1 unspecified atom stereocenters. The molecule has 2 aliphatic rings. The minimum atomic E-state index is -1.32. The average Bonchev–Trinajstić information content (AvgIpc) is 3.34. The number of aromatic carboxylic acids is 1. The van der Waals surface area contributed by atoms with Gasteiger partial charge in [-0.2, -0.15) is 0 Å². The summed E-state index contributed by atoms with van der Waals surface area (Å²) in [7, 11) is 0. The Morgan fingerprint density at radius 2 is 2.11 bits per heavy atom. The molecule has 2 saturated heterocycles. The number of carbonyl (C=O) groups is 3. The van der Waals surface area contributed by atoms with E-state index in [9.17, 15) is 24.3 Å². The van der Waals surface area contributed by atoms with Crippen LogP contribution in [-0.2, 0) is 14.3 Å². The number of fused-ring (bicyclic) bond motifs is 1. The lowest BCUT2D eigenvalue weighted by molar-refractivity contribution is -0.160. The van der Waals surface area contributed by atoms with Crippen molar-refractivity contribution in [2.24, 2.45) is 5.92 Å². The zero-order chi connectivity index (χ0) is 24.7. The minimum absolute atomic E-state index is 0.207. The van der Waals surface area contributed by atoms with Gasteiger partial charge in [0.1, 0.15) is 17.6 Å². The Morgan fingerprint density at radius 1 is 1.31 bits per heavy atom. The lowest BCUT2D eigenvalue weighted by Gasteiger charge is -2.42. The third kappa shape index (κ3) is 4.08. The number of pyridine rings is 2. The van der Waals surface area contributed by atoms with Crippen molar-refractivity contribution in [3.63, 3.8) is 0 Å². The van der Waals surface area contributed by atoms with Crippen LogP contribution >= 0.6 is 11.3 Å². The van der Waals surface area contributed by atoms with E-state index in [1.54, 1.807) is 24.6 Å². The van der Waals surface area contributed by atoms with Crippen molar-refractivity contribution in [1.29, 1.82) is 0 Å². The number of nitrogens with zero attached hydrogens (tertiary/aromatic N) is 5. The number of imide groups is 1. The SMILES string of the molecule is Cc1cc(N2CC(C(=O)N(C=O)C3CCCCO3)C2)nc2c1c(=O)c(C(=O)O)cn2-c1nccs1. The number of hydrogen-bond acceptors (Lipinski definition) is 9. The normalized spacial score (nSPS) is 18.3. The van der Waals surface area contributed by atoms with Gasteiger partial charge in [0.15, 0.2) is 10.8 Å². The van der Waals surface area contributed by atoms with Gasteiger partial charge < -0.3 is 14.7 Å². The summed E-state index contributed by atoms with van der Waals surface area (Å²) in [5, 5.41) is 12.0. The van der Waals surface area contributed by atoms with E-state index in [4.69, 9.17) is 4.74 Å². The van der Waals surface area contributed by atoms with Gasteiger partial charge >= 0.3 is 5.97 Å². The molecule has 0 aromatic carbocycles. The number of amides is 2. The second-order valence-electron chi connectivity index (χ2n) is 8.63. The minimum Gasteiger partial charge on any atom is -0.477 e. The van der Waals surface area contributed by atoms with E-state index in [0.717, 1.165) is 17.7 Å². The Kier molecular flexibility index (Phi) is 6.07. The van der Waals surface area contributed by atoms with Crippen LogP contribution in [0, 0.1) is 12.8 Å². The number of hydrogen-bond donors (Lipinski definition) is 1. The molecule has 3 aromatic heterocycles. The third-order valence-corrected chi connectivity index (χ3v) is 7.16. The van der Waals surface area contributed by atoms with Crippen molar-refractivity contribution in [2.75, 3.05) is 24.6 Å². The van der Waals surface area contributed by atoms with Gasteiger partial charge in [-0.15, -0.1) is 11.3 Å². The lowest BCUT2D eigenvalue weighted by Crippen LogP contribution is -2.57. The van der Waals surface area contributed by atoms with Gasteiger partial charge in [-0.3, -0.25) is 23.9 Å². The summed E-state index contributed by atoms with van der Waals surface area (Å²) in [6, 6.07) is 1.71. The predicted molar refractivity (Wildman–Crippen MR) is 127 cm³/mol. The summed E-state index contributed by atoms with van der Waals surface area (Å²) in [5.41, 5.74) is -0.102. The van der Waals surface area contributed by atoms with E-state index < -0.39 is 17.6 Å². The molecule has 3 aromatic rings. The standard InChI is InChI=1S/C23H23N5O6S/c1-13-8-16(26-9-14(10-26)21(31)28(12-29)17-4-2-3-6-34-17)25-20-18(13)19(30)15(22(32)33)11-27(20)23-24-5-7-35-23/h5,7-8,11-12,14,17H,2-4,6,9-10H2,1H3,(H,32,33). The summed E-state index contributed by atoms with van der Waals surface area (Å²) in [5.74, 6) is -1.42. The Labute approximate surface area is 203 Å². The van der Waals surface area contributed by atoms with Crippen molar-refractivity contribution >= 4 is 46.5 Å². The smallest absolute Gasteiger partial charge is 0.341 e. The summed E-state index contributed by atoms with van der Waals surface area (Å²) in [6.45, 7) is 2.98. The van der Waals surface area contributed by atoms with Crippen LogP contribution in [0.25, 0.3) is 16.2 Å². The number of aryl methyl sites for hydroxylation is 1. The molecule has 2 aliphatic heterocycles. The van der Waals surface area contributed by atoms with Crippen LogP contribution in [0.15, 0.2) is 28.6 Å². The number of carbonyl (C=O) groups excluding carboxylic acids is 2. The molecule has 2 amide bonds. The molecule has 0 saturated carbocycles. The second kappa shape index (κ2) is 9.19. The van der Waals surface area contributed by atoms with E-state index in [0.29, 0.717) is 54.7 Å². The first kappa shape index (κ1) is 23.1. The third-order valence-electron chi connectivity index (χ3n) is 6.39. The Bertz CT molecular complexity index is 1360. The molecule has 11 nitrogen and oxygen atoms in total. The molecule has 0 spiro atoms. The fraction of sp³-hybridized carbons (Fsp3) is 0.391. The van der Waals surface area contributed by atoms with Crippen molar-refractivity contribution in [3.05, 3.63) is 45.2 Å². The highest BCUT2D eigenvalue weighted by molar-refractivity contribution is 7.12. The molecule has 0 aliphatic carbocycles. The summed E-state index contributed by atoms with van der Waals surface area (Å²) < 4.78 is 7.11. The quantitative estimate of drug-likeness (QED) is 0.506. The molecule has 2 fully saturated rings. The van der Waals surface area contributed by atoms with Crippen LogP contribution in [0.1, 0.15) is 35.2 Å². The van der Waals surface area contributed by atoms with Gasteiger partial charge in [0.2, 0.25) is 17.7 Å². The zero-order valence-electron chi connectivity index (χ0n) is 18.9. The summed E-state index contributed by atoms with van der Waals surface area (Å²) in [4.78, 5) is 61.1. The average molecular weight is 498 g/mol.